The number of hydrogen-bond acceptors (Lipinski definition) is 4. The Morgan fingerprint density at radius 3 is 2.57 bits per heavy atom. The molecule has 0 aliphatic heterocycles. The predicted octanol–water partition coefficient (Wildman–Crippen LogP) is 3.11. The molecule has 1 aliphatic carbocycles. The van der Waals surface area contributed by atoms with Crippen molar-refractivity contribution in [2.45, 2.75) is 31.8 Å². The van der Waals surface area contributed by atoms with Crippen molar-refractivity contribution >= 4 is 21.6 Å². The summed E-state index contributed by atoms with van der Waals surface area (Å²) in [7, 11) is -3.35. The van der Waals surface area contributed by atoms with E-state index in [9.17, 15) is 13.2 Å². The summed E-state index contributed by atoms with van der Waals surface area (Å²) in [6.07, 6.45) is 5.74. The third-order valence-corrected chi connectivity index (χ3v) is 5.80. The lowest BCUT2D eigenvalue weighted by Crippen LogP contribution is -2.31. The fourth-order valence-electron chi connectivity index (χ4n) is 3.81. The Labute approximate surface area is 176 Å². The molecule has 156 valence electrons. The van der Waals surface area contributed by atoms with Gasteiger partial charge >= 0.3 is 0 Å². The summed E-state index contributed by atoms with van der Waals surface area (Å²) in [5, 5.41) is 7.67. The number of nitrogens with zero attached hydrogens (tertiary/aromatic N) is 2. The van der Waals surface area contributed by atoms with Crippen LogP contribution in [-0.4, -0.2) is 30.4 Å². The van der Waals surface area contributed by atoms with Crippen molar-refractivity contribution in [3.63, 3.8) is 0 Å². The zero-order chi connectivity index (χ0) is 21.1. The van der Waals surface area contributed by atoms with Gasteiger partial charge in [0.15, 0.2) is 0 Å². The normalized spacial score (nSPS) is 16.0. The van der Waals surface area contributed by atoms with Crippen LogP contribution in [0.1, 0.15) is 46.1 Å². The molecule has 0 saturated carbocycles. The Hall–Kier alpha value is -3.13. The van der Waals surface area contributed by atoms with Crippen LogP contribution in [0.2, 0.25) is 0 Å². The van der Waals surface area contributed by atoms with E-state index < -0.39 is 10.0 Å². The summed E-state index contributed by atoms with van der Waals surface area (Å²) in [6.45, 7) is 0.714. The third-order valence-electron chi connectivity index (χ3n) is 5.19. The molecule has 2 aromatic carbocycles. The number of sulfonamides is 1. The molecule has 0 fully saturated rings. The topological polar surface area (TPSA) is 93.1 Å². The van der Waals surface area contributed by atoms with Gasteiger partial charge in [-0.3, -0.25) is 14.2 Å². The highest BCUT2D eigenvalue weighted by atomic mass is 32.2. The first kappa shape index (κ1) is 20.2. The summed E-state index contributed by atoms with van der Waals surface area (Å²) in [6, 6.07) is 16.5. The summed E-state index contributed by atoms with van der Waals surface area (Å²) in [5.41, 5.74) is 4.34. The fourth-order valence-corrected chi connectivity index (χ4v) is 4.37. The Kier molecular flexibility index (Phi) is 5.59. The highest BCUT2D eigenvalue weighted by Gasteiger charge is 2.26. The lowest BCUT2D eigenvalue weighted by Gasteiger charge is -2.24. The number of aromatic nitrogens is 2. The van der Waals surface area contributed by atoms with Crippen LogP contribution in [0.4, 0.5) is 5.69 Å². The van der Waals surface area contributed by atoms with Crippen molar-refractivity contribution < 1.29 is 13.2 Å². The van der Waals surface area contributed by atoms with Gasteiger partial charge in [0.1, 0.15) is 0 Å². The highest BCUT2D eigenvalue weighted by molar-refractivity contribution is 7.92. The van der Waals surface area contributed by atoms with Crippen molar-refractivity contribution in [2.75, 3.05) is 11.0 Å². The molecular weight excluding hydrogens is 400 g/mol. The van der Waals surface area contributed by atoms with Gasteiger partial charge in [0.2, 0.25) is 10.0 Å². The maximum atomic E-state index is 12.7. The van der Waals surface area contributed by atoms with Crippen LogP contribution < -0.4 is 10.0 Å². The first-order chi connectivity index (χ1) is 14.4. The Balaban J connectivity index is 1.47. The van der Waals surface area contributed by atoms with Gasteiger partial charge in [-0.2, -0.15) is 5.10 Å². The smallest absolute Gasteiger partial charge is 0.251 e. The van der Waals surface area contributed by atoms with Crippen molar-refractivity contribution in [3.05, 3.63) is 83.2 Å². The average Bonchev–Trinajstić information content (AvgIpc) is 3.12. The zero-order valence-electron chi connectivity index (χ0n) is 16.7. The zero-order valence-corrected chi connectivity index (χ0v) is 17.5. The number of anilines is 1. The molecule has 1 aromatic heterocycles. The van der Waals surface area contributed by atoms with Crippen LogP contribution >= 0.6 is 0 Å². The molecule has 1 amide bonds. The number of fused-ring (bicyclic) bond motifs is 1. The average molecular weight is 425 g/mol. The Morgan fingerprint density at radius 2 is 1.87 bits per heavy atom. The minimum atomic E-state index is -3.35. The molecule has 7 nitrogen and oxygen atoms in total. The molecule has 0 spiro atoms. The quantitative estimate of drug-likeness (QED) is 0.636. The van der Waals surface area contributed by atoms with Gasteiger partial charge in [-0.1, -0.05) is 30.3 Å². The lowest BCUT2D eigenvalue weighted by atomic mass is 9.92. The number of benzene rings is 2. The van der Waals surface area contributed by atoms with Crippen LogP contribution in [-0.2, 0) is 23.0 Å². The molecule has 1 atom stereocenters. The molecule has 0 unspecified atom stereocenters. The van der Waals surface area contributed by atoms with Gasteiger partial charge in [-0.15, -0.1) is 0 Å². The minimum absolute atomic E-state index is 0.0837. The van der Waals surface area contributed by atoms with Crippen molar-refractivity contribution in [3.8, 4) is 0 Å². The fraction of sp³-hybridized carbons (Fsp3) is 0.273. The SMILES string of the molecule is CS(=O)(=O)Nc1ccc(C(=O)N[C@@H]2CCCc3c2cnn3Cc2ccccc2)cc1. The van der Waals surface area contributed by atoms with Crippen LogP contribution in [0.5, 0.6) is 0 Å². The standard InChI is InChI=1S/C22H24N4O3S/c1-30(28,29)25-18-12-10-17(11-13-18)22(27)24-20-8-5-9-21-19(20)14-23-26(21)15-16-6-3-2-4-7-16/h2-4,6-7,10-14,20,25H,5,8-9,15H2,1H3,(H,24,27)/t20-/m1/s1. The highest BCUT2D eigenvalue weighted by Crippen LogP contribution is 2.30. The van der Waals surface area contributed by atoms with E-state index >= 15 is 0 Å². The van der Waals surface area contributed by atoms with Gasteiger partial charge < -0.3 is 5.32 Å². The minimum Gasteiger partial charge on any atom is -0.345 e. The number of carbonyl (C=O) groups excluding carboxylic acids is 1. The molecule has 1 aliphatic rings. The number of hydrogen-bond donors (Lipinski definition) is 2. The second-order valence-electron chi connectivity index (χ2n) is 7.56. The summed E-state index contributed by atoms with van der Waals surface area (Å²) < 4.78 is 27.1. The van der Waals surface area contributed by atoms with E-state index in [1.54, 1.807) is 24.3 Å². The monoisotopic (exact) mass is 424 g/mol. The van der Waals surface area contributed by atoms with Gasteiger partial charge in [0, 0.05) is 22.5 Å². The number of nitrogens with one attached hydrogen (secondary N) is 2. The van der Waals surface area contributed by atoms with Gasteiger partial charge in [-0.05, 0) is 49.1 Å². The molecule has 0 saturated heterocycles. The summed E-state index contributed by atoms with van der Waals surface area (Å²) >= 11 is 0. The van der Waals surface area contributed by atoms with E-state index in [1.165, 1.54) is 11.3 Å². The second-order valence-corrected chi connectivity index (χ2v) is 9.31. The van der Waals surface area contributed by atoms with Crippen LogP contribution in [0.3, 0.4) is 0 Å². The first-order valence-corrected chi connectivity index (χ1v) is 11.8. The molecule has 30 heavy (non-hydrogen) atoms. The van der Waals surface area contributed by atoms with E-state index in [0.717, 1.165) is 31.1 Å². The molecule has 1 heterocycles. The van der Waals surface area contributed by atoms with Crippen molar-refractivity contribution in [1.29, 1.82) is 0 Å². The van der Waals surface area contributed by atoms with E-state index in [2.05, 4.69) is 27.3 Å². The Bertz CT molecular complexity index is 1140. The number of rotatable bonds is 6. The predicted molar refractivity (Wildman–Crippen MR) is 116 cm³/mol. The van der Waals surface area contributed by atoms with Gasteiger partial charge in [0.05, 0.1) is 25.0 Å². The molecule has 0 bridgehead atoms. The van der Waals surface area contributed by atoms with Gasteiger partial charge in [0.25, 0.3) is 5.91 Å². The van der Waals surface area contributed by atoms with Gasteiger partial charge in [-0.25, -0.2) is 8.42 Å². The largest absolute Gasteiger partial charge is 0.345 e. The molecule has 8 heteroatoms. The molecule has 4 rings (SSSR count). The second kappa shape index (κ2) is 8.31. The van der Waals surface area contributed by atoms with Crippen LogP contribution in [0, 0.1) is 0 Å². The van der Waals surface area contributed by atoms with Crippen LogP contribution in [0.15, 0.2) is 60.8 Å². The third kappa shape index (κ3) is 4.71. The first-order valence-electron chi connectivity index (χ1n) is 9.86. The van der Waals surface area contributed by atoms with Crippen LogP contribution in [0.25, 0.3) is 0 Å². The Morgan fingerprint density at radius 1 is 1.13 bits per heavy atom. The summed E-state index contributed by atoms with van der Waals surface area (Å²) in [5.74, 6) is -0.186. The molecular formula is C22H24N4O3S. The van der Waals surface area contributed by atoms with Crippen molar-refractivity contribution in [1.82, 2.24) is 15.1 Å². The van der Waals surface area contributed by atoms with E-state index in [0.29, 0.717) is 17.8 Å². The van der Waals surface area contributed by atoms with E-state index in [-0.39, 0.29) is 11.9 Å². The summed E-state index contributed by atoms with van der Waals surface area (Å²) in [4.78, 5) is 12.7. The molecule has 3 aromatic rings. The maximum Gasteiger partial charge on any atom is 0.251 e. The van der Waals surface area contributed by atoms with E-state index in [1.807, 2.05) is 29.1 Å². The van der Waals surface area contributed by atoms with Crippen molar-refractivity contribution in [2.24, 2.45) is 0 Å². The number of carbonyl (C=O) groups is 1. The maximum absolute atomic E-state index is 12.7. The molecule has 2 N–H and O–H groups in total. The lowest BCUT2D eigenvalue weighted by molar-refractivity contribution is 0.0932. The number of amides is 1. The molecule has 0 radical (unpaired) electrons. The van der Waals surface area contributed by atoms with E-state index in [4.69, 9.17) is 0 Å².